The molecule has 0 spiro atoms. The fraction of sp³-hybridized carbons (Fsp3) is 0.200. The predicted molar refractivity (Wildman–Crippen MR) is 82.7 cm³/mol. The average molecular weight is 376 g/mol. The van der Waals surface area contributed by atoms with E-state index in [2.05, 4.69) is 15.9 Å². The van der Waals surface area contributed by atoms with Gasteiger partial charge in [0.25, 0.3) is 0 Å². The van der Waals surface area contributed by atoms with Crippen molar-refractivity contribution in [3.8, 4) is 11.5 Å². The minimum Gasteiger partial charge on any atom is -0.497 e. The highest BCUT2D eigenvalue weighted by atomic mass is 79.9. The minimum atomic E-state index is -1.22. The van der Waals surface area contributed by atoms with E-state index in [9.17, 15) is 9.50 Å². The zero-order chi connectivity index (χ0) is 15.6. The standard InChI is InChI=1S/C15H13BrClFO3/c1-20-8-3-4-14(21-2)10(5-8)15(19)9-6-12(17)11(16)7-13(9)18/h3-7,15,19H,1-2H3. The second kappa shape index (κ2) is 6.64. The minimum absolute atomic E-state index is 0.0646. The lowest BCUT2D eigenvalue weighted by Crippen LogP contribution is -2.05. The van der Waals surface area contributed by atoms with Crippen LogP contribution < -0.4 is 9.47 Å². The molecule has 2 aromatic carbocycles. The van der Waals surface area contributed by atoms with Gasteiger partial charge in [0.05, 0.1) is 19.2 Å². The lowest BCUT2D eigenvalue weighted by Gasteiger charge is -2.17. The van der Waals surface area contributed by atoms with Gasteiger partial charge in [-0.3, -0.25) is 0 Å². The Hall–Kier alpha value is -1.30. The zero-order valence-corrected chi connectivity index (χ0v) is 13.7. The van der Waals surface area contributed by atoms with Crippen LogP contribution in [0.3, 0.4) is 0 Å². The molecular weight excluding hydrogens is 363 g/mol. The summed E-state index contributed by atoms with van der Waals surface area (Å²) in [5.41, 5.74) is 0.462. The van der Waals surface area contributed by atoms with E-state index in [0.717, 1.165) is 0 Å². The number of hydrogen-bond donors (Lipinski definition) is 1. The lowest BCUT2D eigenvalue weighted by atomic mass is 10.00. The molecule has 0 aliphatic rings. The van der Waals surface area contributed by atoms with E-state index < -0.39 is 11.9 Å². The van der Waals surface area contributed by atoms with Gasteiger partial charge < -0.3 is 14.6 Å². The Bertz CT molecular complexity index is 664. The third-order valence-corrected chi connectivity index (χ3v) is 4.26. The number of hydrogen-bond acceptors (Lipinski definition) is 3. The van der Waals surface area contributed by atoms with E-state index in [1.54, 1.807) is 18.2 Å². The van der Waals surface area contributed by atoms with E-state index in [1.165, 1.54) is 26.4 Å². The van der Waals surface area contributed by atoms with Crippen LogP contribution in [0.15, 0.2) is 34.8 Å². The van der Waals surface area contributed by atoms with Crippen molar-refractivity contribution >= 4 is 27.5 Å². The molecule has 6 heteroatoms. The van der Waals surface area contributed by atoms with Gasteiger partial charge in [-0.25, -0.2) is 4.39 Å². The zero-order valence-electron chi connectivity index (χ0n) is 11.4. The summed E-state index contributed by atoms with van der Waals surface area (Å²) >= 11 is 9.11. The molecule has 0 aromatic heterocycles. The van der Waals surface area contributed by atoms with Gasteiger partial charge in [-0.15, -0.1) is 0 Å². The van der Waals surface area contributed by atoms with Crippen LogP contribution in [-0.2, 0) is 0 Å². The van der Waals surface area contributed by atoms with Crippen molar-refractivity contribution < 1.29 is 19.0 Å². The maximum atomic E-state index is 14.1. The topological polar surface area (TPSA) is 38.7 Å². The molecule has 2 rings (SSSR count). The predicted octanol–water partition coefficient (Wildman–Crippen LogP) is 4.34. The normalized spacial score (nSPS) is 12.1. The van der Waals surface area contributed by atoms with Crippen LogP contribution in [0.25, 0.3) is 0 Å². The first-order chi connectivity index (χ1) is 9.97. The number of rotatable bonds is 4. The summed E-state index contributed by atoms with van der Waals surface area (Å²) in [6.07, 6.45) is -1.22. The second-order valence-electron chi connectivity index (χ2n) is 4.30. The van der Waals surface area contributed by atoms with Crippen molar-refractivity contribution in [2.45, 2.75) is 6.10 Å². The maximum absolute atomic E-state index is 14.1. The van der Waals surface area contributed by atoms with Gasteiger partial charge in [-0.1, -0.05) is 11.6 Å². The van der Waals surface area contributed by atoms with Crippen LogP contribution in [0.1, 0.15) is 17.2 Å². The molecule has 0 aliphatic heterocycles. The van der Waals surface area contributed by atoms with E-state index in [4.69, 9.17) is 21.1 Å². The largest absolute Gasteiger partial charge is 0.497 e. The average Bonchev–Trinajstić information content (AvgIpc) is 2.49. The summed E-state index contributed by atoms with van der Waals surface area (Å²) in [7, 11) is 2.98. The Morgan fingerprint density at radius 2 is 1.86 bits per heavy atom. The molecule has 0 heterocycles. The Labute approximate surface area is 135 Å². The first-order valence-electron chi connectivity index (χ1n) is 6.02. The fourth-order valence-electron chi connectivity index (χ4n) is 1.97. The quantitative estimate of drug-likeness (QED) is 0.808. The first kappa shape index (κ1) is 16.1. The third kappa shape index (κ3) is 3.31. The highest BCUT2D eigenvalue weighted by Gasteiger charge is 2.21. The van der Waals surface area contributed by atoms with Crippen LogP contribution in [0.5, 0.6) is 11.5 Å². The summed E-state index contributed by atoms with van der Waals surface area (Å²) < 4.78 is 24.8. The molecule has 1 N–H and O–H groups in total. The maximum Gasteiger partial charge on any atom is 0.130 e. The number of methoxy groups -OCH3 is 2. The molecule has 2 aromatic rings. The number of aliphatic hydroxyl groups is 1. The number of aliphatic hydroxyl groups excluding tert-OH is 1. The molecule has 0 fully saturated rings. The smallest absolute Gasteiger partial charge is 0.130 e. The molecular formula is C15H13BrClFO3. The summed E-state index contributed by atoms with van der Waals surface area (Å²) in [6, 6.07) is 7.53. The van der Waals surface area contributed by atoms with Crippen molar-refractivity contribution in [3.63, 3.8) is 0 Å². The van der Waals surface area contributed by atoms with E-state index in [-0.39, 0.29) is 5.56 Å². The van der Waals surface area contributed by atoms with Gasteiger partial charge in [-0.05, 0) is 46.3 Å². The monoisotopic (exact) mass is 374 g/mol. The van der Waals surface area contributed by atoms with Gasteiger partial charge >= 0.3 is 0 Å². The van der Waals surface area contributed by atoms with Gasteiger partial charge in [0.2, 0.25) is 0 Å². The molecule has 0 aliphatic carbocycles. The Kier molecular flexibility index (Phi) is 5.08. The molecule has 0 radical (unpaired) electrons. The molecule has 0 saturated heterocycles. The van der Waals surface area contributed by atoms with Crippen LogP contribution in [0.4, 0.5) is 4.39 Å². The Morgan fingerprint density at radius 3 is 2.48 bits per heavy atom. The lowest BCUT2D eigenvalue weighted by molar-refractivity contribution is 0.209. The number of ether oxygens (including phenoxy) is 2. The third-order valence-electron chi connectivity index (χ3n) is 3.07. The van der Waals surface area contributed by atoms with Crippen molar-refractivity contribution in [1.82, 2.24) is 0 Å². The van der Waals surface area contributed by atoms with Gasteiger partial charge in [0.1, 0.15) is 23.4 Å². The Balaban J connectivity index is 2.53. The summed E-state index contributed by atoms with van der Waals surface area (Å²) in [4.78, 5) is 0. The van der Waals surface area contributed by atoms with Crippen molar-refractivity contribution in [3.05, 3.63) is 56.8 Å². The summed E-state index contributed by atoms with van der Waals surface area (Å²) in [5, 5.41) is 10.8. The molecule has 21 heavy (non-hydrogen) atoms. The summed E-state index contributed by atoms with van der Waals surface area (Å²) in [6.45, 7) is 0. The van der Waals surface area contributed by atoms with E-state index >= 15 is 0 Å². The van der Waals surface area contributed by atoms with Crippen LogP contribution in [-0.4, -0.2) is 19.3 Å². The van der Waals surface area contributed by atoms with Crippen LogP contribution in [0, 0.1) is 5.82 Å². The molecule has 3 nitrogen and oxygen atoms in total. The molecule has 0 bridgehead atoms. The highest BCUT2D eigenvalue weighted by Crippen LogP contribution is 2.36. The molecule has 1 unspecified atom stereocenters. The molecule has 112 valence electrons. The first-order valence-corrected chi connectivity index (χ1v) is 7.19. The van der Waals surface area contributed by atoms with Crippen molar-refractivity contribution in [2.24, 2.45) is 0 Å². The molecule has 1 atom stereocenters. The van der Waals surface area contributed by atoms with E-state index in [1.807, 2.05) is 0 Å². The molecule has 0 saturated carbocycles. The second-order valence-corrected chi connectivity index (χ2v) is 5.56. The Morgan fingerprint density at radius 1 is 1.14 bits per heavy atom. The van der Waals surface area contributed by atoms with E-state index in [0.29, 0.717) is 26.6 Å². The van der Waals surface area contributed by atoms with Crippen LogP contribution >= 0.6 is 27.5 Å². The fourth-order valence-corrected chi connectivity index (χ4v) is 2.46. The SMILES string of the molecule is COc1ccc(OC)c(C(O)c2cc(Cl)c(Br)cc2F)c1. The van der Waals surface area contributed by atoms with Crippen LogP contribution in [0.2, 0.25) is 5.02 Å². The van der Waals surface area contributed by atoms with Crippen molar-refractivity contribution in [2.75, 3.05) is 14.2 Å². The van der Waals surface area contributed by atoms with Gasteiger partial charge in [0, 0.05) is 15.6 Å². The highest BCUT2D eigenvalue weighted by molar-refractivity contribution is 9.10. The number of halogens is 3. The molecule has 0 amide bonds. The number of benzene rings is 2. The van der Waals surface area contributed by atoms with Crippen molar-refractivity contribution in [1.29, 1.82) is 0 Å². The van der Waals surface area contributed by atoms with Gasteiger partial charge in [-0.2, -0.15) is 0 Å². The summed E-state index contributed by atoms with van der Waals surface area (Å²) in [5.74, 6) is 0.402. The van der Waals surface area contributed by atoms with Gasteiger partial charge in [0.15, 0.2) is 0 Å².